The second-order valence-electron chi connectivity index (χ2n) is 8.50. The number of aliphatic hydroxyl groups is 2. The largest absolute Gasteiger partial charge is 0.387 e. The predicted octanol–water partition coefficient (Wildman–Crippen LogP) is -0.723. The molecular weight excluding hydrogens is 488 g/mol. The molecule has 2 amide bonds. The number of likely N-dealkylation sites (N-methyl/N-ethyl adjacent to an activating group) is 1. The minimum absolute atomic E-state index is 0.0653. The van der Waals surface area contributed by atoms with Crippen LogP contribution in [0.25, 0.3) is 11.2 Å². The van der Waals surface area contributed by atoms with Gasteiger partial charge in [-0.15, -0.1) is 0 Å². The van der Waals surface area contributed by atoms with Gasteiger partial charge in [0.05, 0.1) is 12.9 Å². The lowest BCUT2D eigenvalue weighted by Gasteiger charge is -2.36. The number of nitrogens with zero attached hydrogens (tertiary/aromatic N) is 6. The van der Waals surface area contributed by atoms with Crippen molar-refractivity contribution in [2.75, 3.05) is 19.3 Å². The number of nitrogens with two attached hydrogens (primary N) is 1. The van der Waals surface area contributed by atoms with Crippen molar-refractivity contribution in [3.05, 3.63) is 29.3 Å². The lowest BCUT2D eigenvalue weighted by Crippen LogP contribution is -2.44. The quantitative estimate of drug-likeness (QED) is 0.318. The maximum Gasteiger partial charge on any atom is 0.266 e. The van der Waals surface area contributed by atoms with Gasteiger partial charge in [0.2, 0.25) is 5.82 Å². The van der Waals surface area contributed by atoms with Crippen LogP contribution in [0.5, 0.6) is 0 Å². The minimum Gasteiger partial charge on any atom is -0.387 e. The molecule has 0 bridgehead atoms. The standard InChI is InChI=1S/C22H24N8O5S/c1-24-20(33)17-15(31)16(32)22(35-17)30-10-25-14-18(23)27-13(28-19(14)30)6-3-9-29(11-4-2-5-11)21(34)12-7-8-26-36-12/h7-8,10-11,15-17,22,31-32H,2,4-5,9H2,1H3,(H,24,33)(H2,23,27,28)/t15?,16-,17+,22-/m1/s1. The Morgan fingerprint density at radius 1 is 1.33 bits per heavy atom. The molecule has 4 heterocycles. The van der Waals surface area contributed by atoms with Gasteiger partial charge in [-0.1, -0.05) is 5.92 Å². The van der Waals surface area contributed by atoms with Crippen LogP contribution in [0, 0.1) is 11.8 Å². The first-order valence-electron chi connectivity index (χ1n) is 11.3. The second-order valence-corrected chi connectivity index (χ2v) is 9.33. The van der Waals surface area contributed by atoms with Gasteiger partial charge in [0.1, 0.15) is 22.6 Å². The van der Waals surface area contributed by atoms with E-state index in [-0.39, 0.29) is 41.3 Å². The van der Waals surface area contributed by atoms with Crippen molar-refractivity contribution in [3.63, 3.8) is 0 Å². The van der Waals surface area contributed by atoms with Crippen LogP contribution in [0.3, 0.4) is 0 Å². The van der Waals surface area contributed by atoms with Crippen LogP contribution in [0.15, 0.2) is 18.6 Å². The van der Waals surface area contributed by atoms with Crippen molar-refractivity contribution < 1.29 is 24.5 Å². The molecule has 0 aromatic carbocycles. The molecule has 0 radical (unpaired) electrons. The normalized spacial score (nSPS) is 23.6. The number of hydrogen-bond acceptors (Lipinski definition) is 11. The van der Waals surface area contributed by atoms with Crippen molar-refractivity contribution in [3.8, 4) is 11.8 Å². The number of ether oxygens (including phenoxy) is 1. The third-order valence-electron chi connectivity index (χ3n) is 6.34. The summed E-state index contributed by atoms with van der Waals surface area (Å²) in [5, 5.41) is 23.2. The fraction of sp³-hybridized carbons (Fsp3) is 0.455. The fourth-order valence-corrected chi connectivity index (χ4v) is 4.72. The SMILES string of the molecule is CNC(=O)[C@H]1O[C@@H](n2cnc3c(N)nc(C#CCN(C(=O)c4ccns4)C4CCC4)nc32)[C@H](O)C1O. The van der Waals surface area contributed by atoms with E-state index in [0.29, 0.717) is 4.88 Å². The highest BCUT2D eigenvalue weighted by atomic mass is 32.1. The summed E-state index contributed by atoms with van der Waals surface area (Å²) in [6.07, 6.45) is 0.595. The smallest absolute Gasteiger partial charge is 0.266 e. The van der Waals surface area contributed by atoms with Crippen LogP contribution < -0.4 is 11.1 Å². The number of aliphatic hydroxyl groups excluding tert-OH is 2. The zero-order valence-corrected chi connectivity index (χ0v) is 20.1. The van der Waals surface area contributed by atoms with Crippen LogP contribution in [0.1, 0.15) is 41.0 Å². The molecule has 1 aliphatic heterocycles. The van der Waals surface area contributed by atoms with Crippen molar-refractivity contribution >= 4 is 40.3 Å². The Labute approximate surface area is 209 Å². The highest BCUT2D eigenvalue weighted by molar-refractivity contribution is 7.08. The number of carbonyl (C=O) groups is 2. The number of amides is 2. The Kier molecular flexibility index (Phi) is 6.54. The Morgan fingerprint density at radius 3 is 2.81 bits per heavy atom. The second kappa shape index (κ2) is 9.78. The van der Waals surface area contributed by atoms with Gasteiger partial charge in [-0.2, -0.15) is 0 Å². The lowest BCUT2D eigenvalue weighted by atomic mass is 9.91. The zero-order chi connectivity index (χ0) is 25.4. The van der Waals surface area contributed by atoms with Crippen molar-refractivity contribution in [1.29, 1.82) is 0 Å². The Balaban J connectivity index is 1.41. The number of anilines is 1. The summed E-state index contributed by atoms with van der Waals surface area (Å²) < 4.78 is 11.0. The van der Waals surface area contributed by atoms with Gasteiger partial charge in [0.15, 0.2) is 23.8 Å². The van der Waals surface area contributed by atoms with E-state index in [1.165, 1.54) is 17.9 Å². The number of fused-ring (bicyclic) bond motifs is 1. The van der Waals surface area contributed by atoms with E-state index in [4.69, 9.17) is 10.5 Å². The van der Waals surface area contributed by atoms with Gasteiger partial charge >= 0.3 is 0 Å². The molecule has 3 aromatic rings. The molecule has 1 saturated heterocycles. The van der Waals surface area contributed by atoms with Gasteiger partial charge in [0, 0.05) is 19.3 Å². The van der Waals surface area contributed by atoms with Crippen LogP contribution in [0.2, 0.25) is 0 Å². The first-order chi connectivity index (χ1) is 17.4. The molecule has 2 aliphatic rings. The number of imidazole rings is 1. The van der Waals surface area contributed by atoms with E-state index in [1.807, 2.05) is 0 Å². The highest BCUT2D eigenvalue weighted by Crippen LogP contribution is 2.32. The predicted molar refractivity (Wildman–Crippen MR) is 127 cm³/mol. The molecule has 1 saturated carbocycles. The third-order valence-corrected chi connectivity index (χ3v) is 7.07. The molecule has 1 aliphatic carbocycles. The van der Waals surface area contributed by atoms with E-state index in [0.717, 1.165) is 30.8 Å². The number of rotatable bonds is 5. The summed E-state index contributed by atoms with van der Waals surface area (Å²) in [4.78, 5) is 40.0. The number of nitrogens with one attached hydrogen (secondary N) is 1. The summed E-state index contributed by atoms with van der Waals surface area (Å²) in [5.74, 6) is 5.31. The number of carbonyl (C=O) groups excluding carboxylic acids is 2. The van der Waals surface area contributed by atoms with Gasteiger partial charge in [-0.3, -0.25) is 14.2 Å². The van der Waals surface area contributed by atoms with Crippen LogP contribution in [-0.4, -0.2) is 88.8 Å². The summed E-state index contributed by atoms with van der Waals surface area (Å²) >= 11 is 1.15. The Hall–Kier alpha value is -3.64. The van der Waals surface area contributed by atoms with Gasteiger partial charge in [0.25, 0.3) is 11.8 Å². The van der Waals surface area contributed by atoms with Crippen molar-refractivity contribution in [2.24, 2.45) is 0 Å². The first kappa shape index (κ1) is 24.1. The summed E-state index contributed by atoms with van der Waals surface area (Å²) in [5.41, 5.74) is 6.54. The topological polar surface area (TPSA) is 182 Å². The molecule has 13 nitrogen and oxygen atoms in total. The highest BCUT2D eigenvalue weighted by Gasteiger charge is 2.47. The molecule has 1 unspecified atom stereocenters. The van der Waals surface area contributed by atoms with Crippen LogP contribution >= 0.6 is 11.5 Å². The molecule has 14 heteroatoms. The average Bonchev–Trinajstić information content (AvgIpc) is 3.57. The van der Waals surface area contributed by atoms with Crippen LogP contribution in [0.4, 0.5) is 5.82 Å². The number of nitrogen functional groups attached to an aromatic ring is 1. The molecule has 5 rings (SSSR count). The summed E-state index contributed by atoms with van der Waals surface area (Å²) in [6.45, 7) is 0.187. The molecule has 3 aromatic heterocycles. The maximum absolute atomic E-state index is 12.9. The number of aromatic nitrogens is 5. The van der Waals surface area contributed by atoms with E-state index < -0.39 is 30.4 Å². The third kappa shape index (κ3) is 4.26. The van der Waals surface area contributed by atoms with Gasteiger partial charge in [-0.25, -0.2) is 19.3 Å². The minimum atomic E-state index is -1.44. The molecular formula is C22H24N8O5S. The average molecular weight is 513 g/mol. The maximum atomic E-state index is 12.9. The lowest BCUT2D eigenvalue weighted by molar-refractivity contribution is -0.137. The molecule has 0 spiro atoms. The monoisotopic (exact) mass is 512 g/mol. The van der Waals surface area contributed by atoms with Crippen LogP contribution in [-0.2, 0) is 9.53 Å². The van der Waals surface area contributed by atoms with Crippen molar-refractivity contribution in [1.82, 2.24) is 34.1 Å². The Bertz CT molecular complexity index is 1350. The van der Waals surface area contributed by atoms with E-state index in [2.05, 4.69) is 36.5 Å². The van der Waals surface area contributed by atoms with Crippen molar-refractivity contribution in [2.45, 2.75) is 49.8 Å². The molecule has 36 heavy (non-hydrogen) atoms. The number of hydrogen-bond donors (Lipinski definition) is 4. The fourth-order valence-electron chi connectivity index (χ4n) is 4.17. The molecule has 5 N–H and O–H groups in total. The zero-order valence-electron chi connectivity index (χ0n) is 19.2. The Morgan fingerprint density at radius 2 is 2.14 bits per heavy atom. The molecule has 4 atom stereocenters. The van der Waals surface area contributed by atoms with E-state index in [1.54, 1.807) is 17.2 Å². The van der Waals surface area contributed by atoms with E-state index in [9.17, 15) is 19.8 Å². The molecule has 188 valence electrons. The van der Waals surface area contributed by atoms with Gasteiger partial charge < -0.3 is 30.9 Å². The van der Waals surface area contributed by atoms with Gasteiger partial charge in [-0.05, 0) is 42.8 Å². The first-order valence-corrected chi connectivity index (χ1v) is 12.1. The van der Waals surface area contributed by atoms with E-state index >= 15 is 0 Å². The summed E-state index contributed by atoms with van der Waals surface area (Å²) in [7, 11) is 1.40. The molecule has 2 fully saturated rings. The summed E-state index contributed by atoms with van der Waals surface area (Å²) in [6, 6.07) is 1.82.